The first-order valence-electron chi connectivity index (χ1n) is 35.9. The van der Waals surface area contributed by atoms with E-state index in [0.29, 0.717) is 0 Å². The Kier molecular flexibility index (Phi) is 17.3. The summed E-state index contributed by atoms with van der Waals surface area (Å²) in [6, 6.07) is 55.2. The van der Waals surface area contributed by atoms with Gasteiger partial charge in [-0.3, -0.25) is 0 Å². The van der Waals surface area contributed by atoms with Crippen molar-refractivity contribution in [3.05, 3.63) is 271 Å². The molecule has 0 saturated heterocycles. The van der Waals surface area contributed by atoms with Gasteiger partial charge in [-0.05, 0) is 215 Å². The Morgan fingerprint density at radius 2 is 1.33 bits per heavy atom. The van der Waals surface area contributed by atoms with Crippen molar-refractivity contribution < 1.29 is 13.9 Å². The highest BCUT2D eigenvalue weighted by molar-refractivity contribution is 8.03. The van der Waals surface area contributed by atoms with Gasteiger partial charge in [0.25, 0.3) is 0 Å². The summed E-state index contributed by atoms with van der Waals surface area (Å²) in [6.45, 7) is 28.2. The van der Waals surface area contributed by atoms with Crippen LogP contribution in [0.3, 0.4) is 0 Å². The molecule has 7 aromatic carbocycles. The number of nitrogens with zero attached hydrogens (tertiary/aromatic N) is 4. The fourth-order valence-electron chi connectivity index (χ4n) is 18.0. The SMILES string of the molecule is CCCN1/C(=C/C=C2CCCC(C=CC3=[N+](CCC)c4ccccc4C3(C)C)=C2Sc2ccc(C3CC(C=CC4=[N+](C)c5ccc6c(c5C4(C)C)CCCC6)=C(Oc4ccc(C)cc4)C(CC=C4N(C)c5ccc6ccccc6c5C4(C)C)C3)cc2)C(C)(C)c2ccccc21. The molecule has 95 heavy (non-hydrogen) atoms. The van der Waals surface area contributed by atoms with Gasteiger partial charge >= 0.3 is 0 Å². The van der Waals surface area contributed by atoms with Gasteiger partial charge in [0.2, 0.25) is 11.4 Å². The van der Waals surface area contributed by atoms with Crippen molar-refractivity contribution in [2.75, 3.05) is 37.0 Å². The summed E-state index contributed by atoms with van der Waals surface area (Å²) in [7, 11) is 4.58. The second-order valence-corrected chi connectivity index (χ2v) is 31.5. The number of hydrogen-bond donors (Lipinski definition) is 0. The highest BCUT2D eigenvalue weighted by Gasteiger charge is 2.47. The first kappa shape index (κ1) is 64.4. The van der Waals surface area contributed by atoms with Gasteiger partial charge in [-0.1, -0.05) is 174 Å². The van der Waals surface area contributed by atoms with Crippen molar-refractivity contribution in [1.29, 1.82) is 0 Å². The Morgan fingerprint density at radius 1 is 0.600 bits per heavy atom. The molecule has 0 spiro atoms. The largest absolute Gasteiger partial charge is 0.461 e. The minimum atomic E-state index is -0.197. The van der Waals surface area contributed by atoms with E-state index >= 15 is 0 Å². The number of para-hydroxylation sites is 2. The maximum absolute atomic E-state index is 7.42. The highest BCUT2D eigenvalue weighted by Crippen LogP contribution is 2.54. The van der Waals surface area contributed by atoms with E-state index in [4.69, 9.17) is 4.74 Å². The molecule has 3 aliphatic carbocycles. The molecule has 4 heterocycles. The van der Waals surface area contributed by atoms with E-state index in [2.05, 4.69) is 297 Å². The van der Waals surface area contributed by atoms with Gasteiger partial charge in [-0.25, -0.2) is 0 Å². The van der Waals surface area contributed by atoms with Crippen LogP contribution in [0.4, 0.5) is 22.7 Å². The summed E-state index contributed by atoms with van der Waals surface area (Å²) < 4.78 is 12.5. The van der Waals surface area contributed by atoms with Crippen molar-refractivity contribution >= 4 is 56.7 Å². The van der Waals surface area contributed by atoms with Crippen LogP contribution in [-0.4, -0.2) is 47.8 Å². The first-order chi connectivity index (χ1) is 45.8. The average molecular weight is 1270 g/mol. The van der Waals surface area contributed by atoms with Gasteiger partial charge in [-0.2, -0.15) is 9.15 Å². The molecule has 0 fully saturated rings. The highest BCUT2D eigenvalue weighted by atomic mass is 32.2. The molecule has 7 aliphatic rings. The molecular formula is C89H100N4OS+2. The van der Waals surface area contributed by atoms with Gasteiger partial charge in [0.05, 0.1) is 10.8 Å². The van der Waals surface area contributed by atoms with Crippen molar-refractivity contribution in [3.8, 4) is 5.75 Å². The zero-order valence-electron chi connectivity index (χ0n) is 59.1. The molecule has 5 nitrogen and oxygen atoms in total. The van der Waals surface area contributed by atoms with Gasteiger partial charge in [0, 0.05) is 105 Å². The number of benzene rings is 7. The van der Waals surface area contributed by atoms with Gasteiger partial charge < -0.3 is 14.5 Å². The van der Waals surface area contributed by atoms with Gasteiger partial charge in [-0.15, -0.1) is 0 Å². The summed E-state index contributed by atoms with van der Waals surface area (Å²) in [4.78, 5) is 7.75. The van der Waals surface area contributed by atoms with E-state index in [-0.39, 0.29) is 33.5 Å². The predicted molar refractivity (Wildman–Crippen MR) is 404 cm³/mol. The van der Waals surface area contributed by atoms with E-state index in [1.165, 1.54) is 142 Å². The number of likely N-dealkylation sites (N-methyl/N-ethyl adjacent to an activating group) is 1. The number of aryl methyl sites for hydroxylation is 2. The zero-order valence-corrected chi connectivity index (χ0v) is 59.9. The third kappa shape index (κ3) is 11.5. The normalized spacial score (nSPS) is 22.1. The lowest BCUT2D eigenvalue weighted by molar-refractivity contribution is -0.437. The molecule has 2 atom stereocenters. The van der Waals surface area contributed by atoms with Gasteiger partial charge in [0.1, 0.15) is 25.1 Å². The van der Waals surface area contributed by atoms with Crippen molar-refractivity contribution in [2.45, 2.75) is 186 Å². The van der Waals surface area contributed by atoms with Crippen LogP contribution >= 0.6 is 11.8 Å². The van der Waals surface area contributed by atoms with Crippen LogP contribution in [0.15, 0.2) is 232 Å². The molecule has 6 heteroatoms. The minimum Gasteiger partial charge on any atom is -0.461 e. The van der Waals surface area contributed by atoms with Crippen LogP contribution in [0.25, 0.3) is 10.8 Å². The fraction of sp³-hybridized carbons (Fsp3) is 0.371. The monoisotopic (exact) mass is 1270 g/mol. The summed E-state index contributed by atoms with van der Waals surface area (Å²) in [5.41, 5.74) is 25.9. The van der Waals surface area contributed by atoms with E-state index in [1.807, 2.05) is 11.8 Å². The molecule has 0 saturated carbocycles. The maximum atomic E-state index is 7.42. The Labute approximate surface area is 572 Å². The van der Waals surface area contributed by atoms with E-state index < -0.39 is 0 Å². The number of hydrogen-bond acceptors (Lipinski definition) is 4. The van der Waals surface area contributed by atoms with Crippen LogP contribution in [-0.2, 0) is 34.5 Å². The smallest absolute Gasteiger partial charge is 0.209 e. The molecule has 0 bridgehead atoms. The number of thioether (sulfide) groups is 1. The molecule has 0 aromatic heterocycles. The number of ether oxygens (including phenoxy) is 1. The topological polar surface area (TPSA) is 21.7 Å². The second-order valence-electron chi connectivity index (χ2n) is 30.5. The summed E-state index contributed by atoms with van der Waals surface area (Å²) in [5.74, 6) is 2.38. The molecule has 486 valence electrons. The standard InChI is InChI=1S/C89H100N4OS/c1-14-55-92-74-33-22-20-31-72(74)86(4,5)80(92)53-41-63-27-24-28-64(42-54-81-87(6,7)73-32-21-23-34-75(73)93(81)56-15-2)85(63)95-69-47-37-60(38-48-69)67-57-65(43-51-78-88(8,9)82-70-29-18-16-25-61(70)39-49-76(82)90(78)12)84(94-68-45-35-59(3)36-46-68)66(58-67)44-52-79-89(10,11)83-71-30-19-17-26-62(71)40-50-77(83)91(79)13/h16,18,20-23,25,29,31-42,44-54,65,67H,14-15,17,19,24,26-28,30,43,55-58H2,1-13H3/q+2. The van der Waals surface area contributed by atoms with E-state index in [9.17, 15) is 0 Å². The number of anilines is 2. The zero-order chi connectivity index (χ0) is 66.1. The van der Waals surface area contributed by atoms with Crippen LogP contribution in [0.2, 0.25) is 0 Å². The number of fused-ring (bicyclic) bond motifs is 8. The third-order valence-electron chi connectivity index (χ3n) is 22.8. The number of allylic oxidation sites excluding steroid dienone is 13. The Hall–Kier alpha value is -7.93. The lowest BCUT2D eigenvalue weighted by Gasteiger charge is -2.33. The molecule has 0 amide bonds. The molecule has 2 unspecified atom stereocenters. The quantitative estimate of drug-likeness (QED) is 0.0899. The Balaban J connectivity index is 0.855. The molecule has 0 N–H and O–H groups in total. The first-order valence-corrected chi connectivity index (χ1v) is 36.7. The predicted octanol–water partition coefficient (Wildman–Crippen LogP) is 22.4. The van der Waals surface area contributed by atoms with Crippen molar-refractivity contribution in [3.63, 3.8) is 0 Å². The van der Waals surface area contributed by atoms with Gasteiger partial charge in [0.15, 0.2) is 11.4 Å². The van der Waals surface area contributed by atoms with E-state index in [0.717, 1.165) is 76.0 Å². The summed E-state index contributed by atoms with van der Waals surface area (Å²) in [5, 5.41) is 2.63. The summed E-state index contributed by atoms with van der Waals surface area (Å²) >= 11 is 1.98. The third-order valence-corrected chi connectivity index (χ3v) is 24.1. The second kappa shape index (κ2) is 25.6. The maximum Gasteiger partial charge on any atom is 0.209 e. The summed E-state index contributed by atoms with van der Waals surface area (Å²) in [6.07, 6.45) is 30.5. The van der Waals surface area contributed by atoms with Crippen LogP contribution < -0.4 is 14.5 Å². The minimum absolute atomic E-state index is 0.110. The van der Waals surface area contributed by atoms with Crippen molar-refractivity contribution in [2.24, 2.45) is 5.92 Å². The van der Waals surface area contributed by atoms with Crippen LogP contribution in [0, 0.1) is 12.8 Å². The lowest BCUT2D eigenvalue weighted by Crippen LogP contribution is -2.28. The Morgan fingerprint density at radius 3 is 2.12 bits per heavy atom. The van der Waals surface area contributed by atoms with E-state index in [1.54, 1.807) is 11.1 Å². The molecule has 14 rings (SSSR count). The number of rotatable bonds is 16. The van der Waals surface area contributed by atoms with Crippen molar-refractivity contribution in [1.82, 2.24) is 0 Å². The fourth-order valence-corrected chi connectivity index (χ4v) is 19.1. The molecule has 4 aliphatic heterocycles. The lowest BCUT2D eigenvalue weighted by atomic mass is 9.74. The molecule has 7 aromatic rings. The molecular weight excluding hydrogens is 1170 g/mol. The van der Waals surface area contributed by atoms with Crippen LogP contribution in [0.1, 0.15) is 184 Å². The van der Waals surface area contributed by atoms with Crippen LogP contribution in [0.5, 0.6) is 5.75 Å². The average Bonchev–Trinajstić information content (AvgIpc) is 1.60. The Bertz CT molecular complexity index is 4490. The molecule has 0 radical (unpaired) electrons.